The highest BCUT2D eigenvalue weighted by Gasteiger charge is 2.26. The Balaban J connectivity index is 1.64. The van der Waals surface area contributed by atoms with E-state index in [1.54, 1.807) is 31.4 Å². The average Bonchev–Trinajstić information content (AvgIpc) is 2.79. The summed E-state index contributed by atoms with van der Waals surface area (Å²) in [5.74, 6) is 2.31. The minimum absolute atomic E-state index is 0.149. The van der Waals surface area contributed by atoms with E-state index in [0.29, 0.717) is 56.1 Å². The van der Waals surface area contributed by atoms with Crippen LogP contribution >= 0.6 is 0 Å². The van der Waals surface area contributed by atoms with Gasteiger partial charge in [-0.25, -0.2) is 0 Å². The standard InChI is InChI=1S/C22H29N5O4/c1-15-13-30-10-8-26(15)20-12-19(23-21(28)17-4-6-18(29-3)7-5-17)24-22(25-20)27-9-11-31-14-16(27)2/h4-7,12,15-16H,8-11,13-14H2,1-3H3,(H,23,24,25,28)/t15-,16-/m0/s1. The normalized spacial score (nSPS) is 21.6. The van der Waals surface area contributed by atoms with Gasteiger partial charge < -0.3 is 29.3 Å². The van der Waals surface area contributed by atoms with Crippen molar-refractivity contribution in [2.45, 2.75) is 25.9 Å². The molecule has 0 spiro atoms. The van der Waals surface area contributed by atoms with Crippen molar-refractivity contribution >= 4 is 23.5 Å². The largest absolute Gasteiger partial charge is 0.497 e. The third-order valence-corrected chi connectivity index (χ3v) is 5.58. The van der Waals surface area contributed by atoms with Crippen molar-refractivity contribution in [1.82, 2.24) is 9.97 Å². The van der Waals surface area contributed by atoms with Crippen LogP contribution in [-0.4, -0.2) is 74.6 Å². The maximum atomic E-state index is 12.8. The second kappa shape index (κ2) is 9.49. The summed E-state index contributed by atoms with van der Waals surface area (Å²) in [7, 11) is 1.60. The van der Waals surface area contributed by atoms with Gasteiger partial charge in [0, 0.05) is 24.7 Å². The first kappa shape index (κ1) is 21.3. The molecule has 0 aliphatic carbocycles. The molecule has 166 valence electrons. The monoisotopic (exact) mass is 427 g/mol. The van der Waals surface area contributed by atoms with Crippen LogP contribution in [0, 0.1) is 0 Å². The molecule has 2 saturated heterocycles. The molecule has 0 radical (unpaired) electrons. The van der Waals surface area contributed by atoms with Gasteiger partial charge in [0.15, 0.2) is 0 Å². The van der Waals surface area contributed by atoms with Crippen molar-refractivity contribution in [2.24, 2.45) is 0 Å². The topological polar surface area (TPSA) is 89.0 Å². The summed E-state index contributed by atoms with van der Waals surface area (Å²) in [6.45, 7) is 8.16. The molecule has 1 aromatic heterocycles. The molecule has 2 atom stereocenters. The van der Waals surface area contributed by atoms with Crippen molar-refractivity contribution in [2.75, 3.05) is 61.7 Å². The summed E-state index contributed by atoms with van der Waals surface area (Å²) in [4.78, 5) is 26.7. The van der Waals surface area contributed by atoms with Crippen LogP contribution in [0.25, 0.3) is 0 Å². The van der Waals surface area contributed by atoms with E-state index >= 15 is 0 Å². The van der Waals surface area contributed by atoms with E-state index < -0.39 is 0 Å². The minimum atomic E-state index is -0.233. The Labute approximate surface area is 182 Å². The second-order valence-electron chi connectivity index (χ2n) is 7.83. The van der Waals surface area contributed by atoms with E-state index in [1.807, 2.05) is 6.07 Å². The fourth-order valence-corrected chi connectivity index (χ4v) is 3.78. The van der Waals surface area contributed by atoms with Gasteiger partial charge >= 0.3 is 0 Å². The number of hydrogen-bond acceptors (Lipinski definition) is 8. The van der Waals surface area contributed by atoms with Crippen molar-refractivity contribution in [3.05, 3.63) is 35.9 Å². The van der Waals surface area contributed by atoms with Crippen LogP contribution in [0.5, 0.6) is 5.75 Å². The number of morpholine rings is 2. The number of aromatic nitrogens is 2. The molecule has 2 aromatic rings. The summed E-state index contributed by atoms with van der Waals surface area (Å²) in [5, 5.41) is 2.94. The first-order chi connectivity index (χ1) is 15.0. The van der Waals surface area contributed by atoms with Crippen LogP contribution in [0.15, 0.2) is 30.3 Å². The number of methoxy groups -OCH3 is 1. The molecule has 0 bridgehead atoms. The summed E-state index contributed by atoms with van der Waals surface area (Å²) >= 11 is 0. The Morgan fingerprint density at radius 3 is 2.29 bits per heavy atom. The van der Waals surface area contributed by atoms with Gasteiger partial charge in [0.05, 0.1) is 45.6 Å². The number of anilines is 3. The van der Waals surface area contributed by atoms with Crippen molar-refractivity contribution in [3.8, 4) is 5.75 Å². The second-order valence-corrected chi connectivity index (χ2v) is 7.83. The average molecular weight is 428 g/mol. The smallest absolute Gasteiger partial charge is 0.256 e. The Bertz CT molecular complexity index is 867. The lowest BCUT2D eigenvalue weighted by Gasteiger charge is -2.36. The number of amides is 1. The van der Waals surface area contributed by atoms with Crippen molar-refractivity contribution < 1.29 is 19.0 Å². The molecule has 1 N–H and O–H groups in total. The predicted molar refractivity (Wildman–Crippen MR) is 118 cm³/mol. The van der Waals surface area contributed by atoms with Crippen LogP contribution in [0.2, 0.25) is 0 Å². The summed E-state index contributed by atoms with van der Waals surface area (Å²) in [6, 6.07) is 9.14. The zero-order chi connectivity index (χ0) is 21.8. The van der Waals surface area contributed by atoms with E-state index in [1.165, 1.54) is 0 Å². The summed E-state index contributed by atoms with van der Waals surface area (Å²) in [5.41, 5.74) is 0.530. The third kappa shape index (κ3) is 4.88. The summed E-state index contributed by atoms with van der Waals surface area (Å²) < 4.78 is 16.3. The zero-order valence-corrected chi connectivity index (χ0v) is 18.2. The zero-order valence-electron chi connectivity index (χ0n) is 18.2. The van der Waals surface area contributed by atoms with Crippen LogP contribution < -0.4 is 19.9 Å². The van der Waals surface area contributed by atoms with Gasteiger partial charge in [0.25, 0.3) is 5.91 Å². The van der Waals surface area contributed by atoms with Gasteiger partial charge in [0.2, 0.25) is 5.95 Å². The number of ether oxygens (including phenoxy) is 3. The number of nitrogens with zero attached hydrogens (tertiary/aromatic N) is 4. The number of carbonyl (C=O) groups excluding carboxylic acids is 1. The minimum Gasteiger partial charge on any atom is -0.497 e. The van der Waals surface area contributed by atoms with Crippen LogP contribution in [0.3, 0.4) is 0 Å². The molecule has 9 nitrogen and oxygen atoms in total. The van der Waals surface area contributed by atoms with E-state index in [4.69, 9.17) is 19.2 Å². The molecular weight excluding hydrogens is 398 g/mol. The highest BCUT2D eigenvalue weighted by atomic mass is 16.5. The number of hydrogen-bond donors (Lipinski definition) is 1. The molecular formula is C22H29N5O4. The van der Waals surface area contributed by atoms with Gasteiger partial charge in [-0.15, -0.1) is 0 Å². The quantitative estimate of drug-likeness (QED) is 0.777. The molecule has 2 fully saturated rings. The molecule has 3 heterocycles. The molecule has 1 amide bonds. The van der Waals surface area contributed by atoms with Gasteiger partial charge in [-0.3, -0.25) is 4.79 Å². The van der Waals surface area contributed by atoms with E-state index in [0.717, 1.165) is 12.4 Å². The lowest BCUT2D eigenvalue weighted by atomic mass is 10.2. The number of rotatable bonds is 5. The van der Waals surface area contributed by atoms with Crippen LogP contribution in [0.1, 0.15) is 24.2 Å². The maximum absolute atomic E-state index is 12.8. The first-order valence-electron chi connectivity index (χ1n) is 10.6. The van der Waals surface area contributed by atoms with Gasteiger partial charge in [-0.1, -0.05) is 0 Å². The van der Waals surface area contributed by atoms with E-state index in [2.05, 4.69) is 33.9 Å². The number of benzene rings is 1. The number of nitrogens with one attached hydrogen (secondary N) is 1. The Kier molecular flexibility index (Phi) is 6.53. The molecule has 2 aliphatic rings. The summed E-state index contributed by atoms with van der Waals surface area (Å²) in [6.07, 6.45) is 0. The fourth-order valence-electron chi connectivity index (χ4n) is 3.78. The number of carbonyl (C=O) groups is 1. The molecule has 0 saturated carbocycles. The molecule has 2 aliphatic heterocycles. The van der Waals surface area contributed by atoms with E-state index in [-0.39, 0.29) is 18.0 Å². The first-order valence-corrected chi connectivity index (χ1v) is 10.6. The Morgan fingerprint density at radius 2 is 1.68 bits per heavy atom. The van der Waals surface area contributed by atoms with E-state index in [9.17, 15) is 4.79 Å². The molecule has 31 heavy (non-hydrogen) atoms. The highest BCUT2D eigenvalue weighted by molar-refractivity contribution is 6.04. The third-order valence-electron chi connectivity index (χ3n) is 5.58. The molecule has 1 aromatic carbocycles. The lowest BCUT2D eigenvalue weighted by Crippen LogP contribution is -2.46. The van der Waals surface area contributed by atoms with Crippen LogP contribution in [-0.2, 0) is 9.47 Å². The molecule has 0 unspecified atom stereocenters. The lowest BCUT2D eigenvalue weighted by molar-refractivity contribution is 0.0971. The SMILES string of the molecule is COc1ccc(C(=O)Nc2cc(N3CCOC[C@@H]3C)nc(N3CCOC[C@@H]3C)n2)cc1. The van der Waals surface area contributed by atoms with Gasteiger partial charge in [0.1, 0.15) is 17.4 Å². The predicted octanol–water partition coefficient (Wildman–Crippen LogP) is 2.19. The Morgan fingerprint density at radius 1 is 1.03 bits per heavy atom. The van der Waals surface area contributed by atoms with Gasteiger partial charge in [-0.2, -0.15) is 9.97 Å². The molecule has 9 heteroatoms. The Hall–Kier alpha value is -2.91. The van der Waals surface area contributed by atoms with Crippen LogP contribution in [0.4, 0.5) is 17.6 Å². The van der Waals surface area contributed by atoms with Crippen molar-refractivity contribution in [3.63, 3.8) is 0 Å². The fraction of sp³-hybridized carbons (Fsp3) is 0.500. The maximum Gasteiger partial charge on any atom is 0.256 e. The highest BCUT2D eigenvalue weighted by Crippen LogP contribution is 2.26. The molecule has 4 rings (SSSR count). The van der Waals surface area contributed by atoms with Crippen molar-refractivity contribution in [1.29, 1.82) is 0 Å². The van der Waals surface area contributed by atoms with Gasteiger partial charge in [-0.05, 0) is 38.1 Å².